The molecule has 0 atom stereocenters. The maximum atomic E-state index is 12.7. The number of benzene rings is 1. The fourth-order valence-electron chi connectivity index (χ4n) is 2.48. The SMILES string of the molecule is CCNC(C)(C)C(=O)N1CCOc2c(C(=O)O)cccc21. The number of hydrogen-bond donors (Lipinski definition) is 2. The number of amides is 1. The van der Waals surface area contributed by atoms with E-state index in [0.29, 0.717) is 18.8 Å². The lowest BCUT2D eigenvalue weighted by molar-refractivity contribution is -0.124. The second kappa shape index (κ2) is 5.73. The van der Waals surface area contributed by atoms with Gasteiger partial charge >= 0.3 is 5.97 Å². The van der Waals surface area contributed by atoms with Gasteiger partial charge in [-0.3, -0.25) is 4.79 Å². The number of nitrogens with one attached hydrogen (secondary N) is 1. The Bertz CT molecular complexity index is 569. The summed E-state index contributed by atoms with van der Waals surface area (Å²) in [6.45, 7) is 6.93. The van der Waals surface area contributed by atoms with Crippen LogP contribution in [0.3, 0.4) is 0 Å². The van der Waals surface area contributed by atoms with Gasteiger partial charge in [-0.15, -0.1) is 0 Å². The summed E-state index contributed by atoms with van der Waals surface area (Å²) in [6.07, 6.45) is 0. The van der Waals surface area contributed by atoms with E-state index in [1.807, 2.05) is 20.8 Å². The molecule has 0 fully saturated rings. The summed E-state index contributed by atoms with van der Waals surface area (Å²) in [5.41, 5.74) is -0.133. The third kappa shape index (κ3) is 2.85. The van der Waals surface area contributed by atoms with E-state index in [4.69, 9.17) is 4.74 Å². The van der Waals surface area contributed by atoms with Crippen LogP contribution in [0.5, 0.6) is 5.75 Å². The Morgan fingerprint density at radius 3 is 2.76 bits per heavy atom. The Labute approximate surface area is 123 Å². The molecule has 6 nitrogen and oxygen atoms in total. The van der Waals surface area contributed by atoms with Crippen molar-refractivity contribution in [2.24, 2.45) is 0 Å². The quantitative estimate of drug-likeness (QED) is 0.879. The van der Waals surface area contributed by atoms with Gasteiger partial charge in [0.05, 0.1) is 17.8 Å². The zero-order valence-electron chi connectivity index (χ0n) is 12.5. The monoisotopic (exact) mass is 292 g/mol. The normalized spacial score (nSPS) is 14.3. The number of rotatable bonds is 4. The molecule has 114 valence electrons. The Hall–Kier alpha value is -2.08. The van der Waals surface area contributed by atoms with E-state index in [1.165, 1.54) is 6.07 Å². The molecule has 0 aromatic heterocycles. The summed E-state index contributed by atoms with van der Waals surface area (Å²) in [5, 5.41) is 12.4. The molecule has 1 aliphatic rings. The highest BCUT2D eigenvalue weighted by atomic mass is 16.5. The Kier molecular flexibility index (Phi) is 4.18. The lowest BCUT2D eigenvalue weighted by atomic mass is 10.0. The number of fused-ring (bicyclic) bond motifs is 1. The standard InChI is InChI=1S/C15H20N2O4/c1-4-16-15(2,3)14(20)17-8-9-21-12-10(13(18)19)6-5-7-11(12)17/h5-7,16H,4,8-9H2,1-3H3,(H,18,19). The number of ether oxygens (including phenoxy) is 1. The van der Waals surface area contributed by atoms with Crippen molar-refractivity contribution in [2.45, 2.75) is 26.3 Å². The number of aromatic carboxylic acids is 1. The molecule has 0 radical (unpaired) electrons. The number of likely N-dealkylation sites (N-methyl/N-ethyl adjacent to an activating group) is 1. The van der Waals surface area contributed by atoms with Crippen LogP contribution in [-0.4, -0.2) is 42.2 Å². The van der Waals surface area contributed by atoms with Crippen molar-refractivity contribution in [3.63, 3.8) is 0 Å². The smallest absolute Gasteiger partial charge is 0.339 e. The number of hydrogen-bond acceptors (Lipinski definition) is 4. The first-order valence-electron chi connectivity index (χ1n) is 6.94. The largest absolute Gasteiger partial charge is 0.489 e. The van der Waals surface area contributed by atoms with Gasteiger partial charge in [0.1, 0.15) is 12.2 Å². The Morgan fingerprint density at radius 2 is 2.14 bits per heavy atom. The van der Waals surface area contributed by atoms with Crippen LogP contribution >= 0.6 is 0 Å². The maximum absolute atomic E-state index is 12.7. The van der Waals surface area contributed by atoms with Crippen molar-refractivity contribution in [3.8, 4) is 5.75 Å². The van der Waals surface area contributed by atoms with Crippen molar-refractivity contribution in [1.29, 1.82) is 0 Å². The molecule has 0 spiro atoms. The minimum Gasteiger partial charge on any atom is -0.489 e. The summed E-state index contributed by atoms with van der Waals surface area (Å²) >= 11 is 0. The van der Waals surface area contributed by atoms with E-state index in [9.17, 15) is 14.7 Å². The van der Waals surface area contributed by atoms with Gasteiger partial charge < -0.3 is 20.1 Å². The molecular formula is C15H20N2O4. The number of carbonyl (C=O) groups excluding carboxylic acids is 1. The van der Waals surface area contributed by atoms with Gasteiger partial charge in [0, 0.05) is 0 Å². The van der Waals surface area contributed by atoms with Crippen LogP contribution in [0, 0.1) is 0 Å². The van der Waals surface area contributed by atoms with E-state index >= 15 is 0 Å². The molecule has 1 aromatic carbocycles. The molecule has 0 aliphatic carbocycles. The van der Waals surface area contributed by atoms with Crippen LogP contribution < -0.4 is 15.0 Å². The predicted molar refractivity (Wildman–Crippen MR) is 79.0 cm³/mol. The zero-order chi connectivity index (χ0) is 15.6. The number of carboxylic acid groups (broad SMARTS) is 1. The summed E-state index contributed by atoms with van der Waals surface area (Å²) in [5.74, 6) is -0.902. The number of para-hydroxylation sites is 1. The van der Waals surface area contributed by atoms with Gasteiger partial charge in [-0.05, 0) is 32.5 Å². The maximum Gasteiger partial charge on any atom is 0.339 e. The average molecular weight is 292 g/mol. The van der Waals surface area contributed by atoms with Gasteiger partial charge in [0.25, 0.3) is 0 Å². The summed E-state index contributed by atoms with van der Waals surface area (Å²) in [7, 11) is 0. The molecule has 1 amide bonds. The topological polar surface area (TPSA) is 78.9 Å². The number of nitrogens with zero attached hydrogens (tertiary/aromatic N) is 1. The van der Waals surface area contributed by atoms with Crippen LogP contribution in [0.15, 0.2) is 18.2 Å². The molecule has 21 heavy (non-hydrogen) atoms. The number of carbonyl (C=O) groups is 2. The zero-order valence-corrected chi connectivity index (χ0v) is 12.5. The molecule has 2 rings (SSSR count). The van der Waals surface area contributed by atoms with Crippen molar-refractivity contribution in [2.75, 3.05) is 24.6 Å². The molecule has 0 bridgehead atoms. The Balaban J connectivity index is 2.41. The van der Waals surface area contributed by atoms with E-state index in [1.54, 1.807) is 17.0 Å². The summed E-state index contributed by atoms with van der Waals surface area (Å²) < 4.78 is 5.47. The van der Waals surface area contributed by atoms with Gasteiger partial charge in [0.15, 0.2) is 5.75 Å². The first kappa shape index (κ1) is 15.3. The molecule has 0 saturated heterocycles. The van der Waals surface area contributed by atoms with E-state index in [0.717, 1.165) is 0 Å². The fraction of sp³-hybridized carbons (Fsp3) is 0.467. The molecule has 1 heterocycles. The highest BCUT2D eigenvalue weighted by molar-refractivity contribution is 6.03. The lowest BCUT2D eigenvalue weighted by Gasteiger charge is -2.36. The molecular weight excluding hydrogens is 272 g/mol. The third-order valence-electron chi connectivity index (χ3n) is 3.48. The van der Waals surface area contributed by atoms with Crippen LogP contribution in [0.1, 0.15) is 31.1 Å². The van der Waals surface area contributed by atoms with Crippen LogP contribution in [-0.2, 0) is 4.79 Å². The van der Waals surface area contributed by atoms with Crippen molar-refractivity contribution < 1.29 is 19.4 Å². The van der Waals surface area contributed by atoms with E-state index in [2.05, 4.69) is 5.32 Å². The highest BCUT2D eigenvalue weighted by Crippen LogP contribution is 2.36. The van der Waals surface area contributed by atoms with Crippen LogP contribution in [0.4, 0.5) is 5.69 Å². The van der Waals surface area contributed by atoms with Crippen molar-refractivity contribution in [1.82, 2.24) is 5.32 Å². The minimum atomic E-state index is -1.06. The summed E-state index contributed by atoms with van der Waals surface area (Å²) in [4.78, 5) is 25.6. The molecule has 2 N–H and O–H groups in total. The van der Waals surface area contributed by atoms with Crippen molar-refractivity contribution in [3.05, 3.63) is 23.8 Å². The predicted octanol–water partition coefficient (Wildman–Crippen LogP) is 1.50. The minimum absolute atomic E-state index is 0.0752. The Morgan fingerprint density at radius 1 is 1.43 bits per heavy atom. The average Bonchev–Trinajstić information content (AvgIpc) is 2.45. The van der Waals surface area contributed by atoms with Crippen molar-refractivity contribution >= 4 is 17.6 Å². The molecule has 1 aliphatic heterocycles. The number of anilines is 1. The molecule has 0 saturated carbocycles. The lowest BCUT2D eigenvalue weighted by Crippen LogP contribution is -2.55. The van der Waals surface area contributed by atoms with E-state index < -0.39 is 11.5 Å². The second-order valence-corrected chi connectivity index (χ2v) is 5.42. The fourth-order valence-corrected chi connectivity index (χ4v) is 2.48. The molecule has 6 heteroatoms. The first-order chi connectivity index (χ1) is 9.88. The second-order valence-electron chi connectivity index (χ2n) is 5.42. The van der Waals surface area contributed by atoms with Gasteiger partial charge in [-0.2, -0.15) is 0 Å². The first-order valence-corrected chi connectivity index (χ1v) is 6.94. The summed E-state index contributed by atoms with van der Waals surface area (Å²) in [6, 6.07) is 4.81. The van der Waals surface area contributed by atoms with Crippen LogP contribution in [0.2, 0.25) is 0 Å². The van der Waals surface area contributed by atoms with Crippen LogP contribution in [0.25, 0.3) is 0 Å². The van der Waals surface area contributed by atoms with E-state index in [-0.39, 0.29) is 23.8 Å². The molecule has 0 unspecified atom stereocenters. The molecule has 1 aromatic rings. The van der Waals surface area contributed by atoms with Gasteiger partial charge in [-0.25, -0.2) is 4.79 Å². The number of carboxylic acids is 1. The third-order valence-corrected chi connectivity index (χ3v) is 3.48. The highest BCUT2D eigenvalue weighted by Gasteiger charge is 2.35. The van der Waals surface area contributed by atoms with Gasteiger partial charge in [0.2, 0.25) is 5.91 Å². The van der Waals surface area contributed by atoms with Gasteiger partial charge in [-0.1, -0.05) is 13.0 Å².